The number of benzene rings is 2. The lowest BCUT2D eigenvalue weighted by atomic mass is 10.2. The number of nitrogens with zero attached hydrogens (tertiary/aromatic N) is 1. The Morgan fingerprint density at radius 1 is 0.778 bits per heavy atom. The standard InChI is InChI=1S/C16H20N2/c1-18(2)16-10-8-15(9-11-16)13-17-12-14-6-4-3-5-7-14/h3-11,17H,12-13H2,1-2H3/p+1. The van der Waals surface area contributed by atoms with Crippen LogP contribution in [0.4, 0.5) is 5.69 Å². The molecule has 0 saturated heterocycles. The van der Waals surface area contributed by atoms with Crippen LogP contribution >= 0.6 is 0 Å². The molecule has 0 heterocycles. The van der Waals surface area contributed by atoms with Crippen LogP contribution in [-0.2, 0) is 13.1 Å². The first-order valence-electron chi connectivity index (χ1n) is 6.37. The summed E-state index contributed by atoms with van der Waals surface area (Å²) in [5.74, 6) is 0. The Hall–Kier alpha value is -1.80. The second-order valence-electron chi connectivity index (χ2n) is 4.74. The molecular weight excluding hydrogens is 220 g/mol. The molecule has 2 rings (SSSR count). The van der Waals surface area contributed by atoms with Crippen molar-refractivity contribution in [2.45, 2.75) is 13.1 Å². The van der Waals surface area contributed by atoms with E-state index in [1.54, 1.807) is 0 Å². The van der Waals surface area contributed by atoms with Gasteiger partial charge in [-0.3, -0.25) is 0 Å². The normalized spacial score (nSPS) is 10.3. The summed E-state index contributed by atoms with van der Waals surface area (Å²) in [7, 11) is 4.13. The zero-order valence-corrected chi connectivity index (χ0v) is 11.1. The van der Waals surface area contributed by atoms with Gasteiger partial charge in [0.05, 0.1) is 0 Å². The molecule has 2 nitrogen and oxygen atoms in total. The third kappa shape index (κ3) is 3.60. The van der Waals surface area contributed by atoms with Crippen LogP contribution in [0.5, 0.6) is 0 Å². The van der Waals surface area contributed by atoms with Gasteiger partial charge in [-0.05, 0) is 12.1 Å². The maximum atomic E-state index is 2.33. The Morgan fingerprint density at radius 3 is 1.89 bits per heavy atom. The molecule has 0 amide bonds. The summed E-state index contributed by atoms with van der Waals surface area (Å²) in [6.07, 6.45) is 0. The zero-order chi connectivity index (χ0) is 12.8. The van der Waals surface area contributed by atoms with E-state index in [0.29, 0.717) is 0 Å². The molecule has 0 atom stereocenters. The topological polar surface area (TPSA) is 19.9 Å². The van der Waals surface area contributed by atoms with Gasteiger partial charge in [0.1, 0.15) is 13.1 Å². The van der Waals surface area contributed by atoms with Gasteiger partial charge in [0.25, 0.3) is 0 Å². The molecule has 0 aliphatic carbocycles. The Morgan fingerprint density at radius 2 is 1.33 bits per heavy atom. The molecule has 2 heteroatoms. The Balaban J connectivity index is 1.83. The van der Waals surface area contributed by atoms with Crippen LogP contribution in [0.25, 0.3) is 0 Å². The third-order valence-electron chi connectivity index (χ3n) is 3.06. The summed E-state index contributed by atoms with van der Waals surface area (Å²) < 4.78 is 0. The van der Waals surface area contributed by atoms with Crippen molar-refractivity contribution in [3.05, 3.63) is 65.7 Å². The molecule has 0 unspecified atom stereocenters. The number of hydrogen-bond donors (Lipinski definition) is 1. The minimum Gasteiger partial charge on any atom is -0.378 e. The Kier molecular flexibility index (Phi) is 4.37. The van der Waals surface area contributed by atoms with Crippen LogP contribution in [0.1, 0.15) is 11.1 Å². The summed E-state index contributed by atoms with van der Waals surface area (Å²) >= 11 is 0. The molecule has 0 fully saturated rings. The molecule has 0 spiro atoms. The second-order valence-corrected chi connectivity index (χ2v) is 4.74. The van der Waals surface area contributed by atoms with Crippen molar-refractivity contribution in [2.75, 3.05) is 19.0 Å². The van der Waals surface area contributed by atoms with Gasteiger partial charge in [0, 0.05) is 30.9 Å². The minimum absolute atomic E-state index is 1.03. The smallest absolute Gasteiger partial charge is 0.101 e. The van der Waals surface area contributed by atoms with E-state index < -0.39 is 0 Å². The van der Waals surface area contributed by atoms with Gasteiger partial charge in [-0.15, -0.1) is 0 Å². The van der Waals surface area contributed by atoms with Crippen molar-refractivity contribution < 1.29 is 5.32 Å². The van der Waals surface area contributed by atoms with Crippen molar-refractivity contribution >= 4 is 5.69 Å². The van der Waals surface area contributed by atoms with Crippen LogP contribution in [-0.4, -0.2) is 14.1 Å². The largest absolute Gasteiger partial charge is 0.378 e. The van der Waals surface area contributed by atoms with Crippen molar-refractivity contribution in [3.63, 3.8) is 0 Å². The highest BCUT2D eigenvalue weighted by Crippen LogP contribution is 2.11. The average Bonchev–Trinajstić information content (AvgIpc) is 2.40. The highest BCUT2D eigenvalue weighted by atomic mass is 15.1. The number of anilines is 1. The summed E-state index contributed by atoms with van der Waals surface area (Å²) in [6, 6.07) is 19.3. The van der Waals surface area contributed by atoms with Crippen LogP contribution < -0.4 is 10.2 Å². The summed E-state index contributed by atoms with van der Waals surface area (Å²) in [5, 5.41) is 2.33. The number of nitrogens with two attached hydrogens (primary N) is 1. The Labute approximate surface area is 109 Å². The highest BCUT2D eigenvalue weighted by Gasteiger charge is 1.98. The van der Waals surface area contributed by atoms with Crippen LogP contribution in [0.15, 0.2) is 54.6 Å². The van der Waals surface area contributed by atoms with E-state index in [1.807, 2.05) is 0 Å². The summed E-state index contributed by atoms with van der Waals surface area (Å²) in [4.78, 5) is 2.12. The molecule has 0 aromatic heterocycles. The van der Waals surface area contributed by atoms with E-state index in [9.17, 15) is 0 Å². The highest BCUT2D eigenvalue weighted by molar-refractivity contribution is 5.45. The molecule has 2 N–H and O–H groups in total. The molecule has 0 bridgehead atoms. The van der Waals surface area contributed by atoms with E-state index in [1.165, 1.54) is 16.8 Å². The van der Waals surface area contributed by atoms with Crippen LogP contribution in [0, 0.1) is 0 Å². The number of quaternary nitrogens is 1. The van der Waals surface area contributed by atoms with Crippen molar-refractivity contribution in [1.82, 2.24) is 0 Å². The summed E-state index contributed by atoms with van der Waals surface area (Å²) in [5.41, 5.74) is 4.00. The summed E-state index contributed by atoms with van der Waals surface area (Å²) in [6.45, 7) is 2.07. The fraction of sp³-hybridized carbons (Fsp3) is 0.250. The zero-order valence-electron chi connectivity index (χ0n) is 11.1. The van der Waals surface area contributed by atoms with E-state index in [2.05, 4.69) is 78.9 Å². The lowest BCUT2D eigenvalue weighted by Gasteiger charge is -2.12. The van der Waals surface area contributed by atoms with Gasteiger partial charge in [-0.1, -0.05) is 42.5 Å². The van der Waals surface area contributed by atoms with Crippen molar-refractivity contribution in [2.24, 2.45) is 0 Å². The van der Waals surface area contributed by atoms with Gasteiger partial charge in [0.15, 0.2) is 0 Å². The van der Waals surface area contributed by atoms with Gasteiger partial charge in [0.2, 0.25) is 0 Å². The van der Waals surface area contributed by atoms with Crippen molar-refractivity contribution in [3.8, 4) is 0 Å². The van der Waals surface area contributed by atoms with E-state index in [-0.39, 0.29) is 0 Å². The fourth-order valence-corrected chi connectivity index (χ4v) is 1.95. The first-order valence-corrected chi connectivity index (χ1v) is 6.37. The molecule has 0 saturated carbocycles. The van der Waals surface area contributed by atoms with Gasteiger partial charge >= 0.3 is 0 Å². The molecule has 18 heavy (non-hydrogen) atoms. The molecule has 2 aromatic carbocycles. The van der Waals surface area contributed by atoms with E-state index in [4.69, 9.17) is 0 Å². The van der Waals surface area contributed by atoms with Crippen molar-refractivity contribution in [1.29, 1.82) is 0 Å². The lowest BCUT2D eigenvalue weighted by molar-refractivity contribution is -0.686. The van der Waals surface area contributed by atoms with E-state index >= 15 is 0 Å². The maximum absolute atomic E-state index is 2.33. The van der Waals surface area contributed by atoms with Crippen LogP contribution in [0.3, 0.4) is 0 Å². The maximum Gasteiger partial charge on any atom is 0.101 e. The third-order valence-corrected chi connectivity index (χ3v) is 3.06. The molecular formula is C16H21N2+. The Bertz CT molecular complexity index is 460. The quantitative estimate of drug-likeness (QED) is 0.849. The van der Waals surface area contributed by atoms with Gasteiger partial charge in [-0.25, -0.2) is 0 Å². The fourth-order valence-electron chi connectivity index (χ4n) is 1.95. The van der Waals surface area contributed by atoms with Crippen LogP contribution in [0.2, 0.25) is 0 Å². The predicted molar refractivity (Wildman–Crippen MR) is 76.5 cm³/mol. The van der Waals surface area contributed by atoms with Gasteiger partial charge in [-0.2, -0.15) is 0 Å². The number of hydrogen-bond acceptors (Lipinski definition) is 1. The number of rotatable bonds is 5. The molecule has 0 aliphatic heterocycles. The average molecular weight is 241 g/mol. The minimum atomic E-state index is 1.03. The SMILES string of the molecule is CN(C)c1ccc(C[NH2+]Cc2ccccc2)cc1. The predicted octanol–water partition coefficient (Wildman–Crippen LogP) is 2.02. The van der Waals surface area contributed by atoms with E-state index in [0.717, 1.165) is 13.1 Å². The molecule has 0 radical (unpaired) electrons. The van der Waals surface area contributed by atoms with Gasteiger partial charge < -0.3 is 10.2 Å². The second kappa shape index (κ2) is 6.22. The lowest BCUT2D eigenvalue weighted by Crippen LogP contribution is -2.80. The molecule has 0 aliphatic rings. The first-order chi connectivity index (χ1) is 8.75. The molecule has 94 valence electrons. The molecule has 2 aromatic rings. The monoisotopic (exact) mass is 241 g/mol. The first kappa shape index (κ1) is 12.7.